The summed E-state index contributed by atoms with van der Waals surface area (Å²) in [4.78, 5) is 23.6. The number of H-pyrrole nitrogens is 1. The Morgan fingerprint density at radius 1 is 1.50 bits per heavy atom. The van der Waals surface area contributed by atoms with Crippen molar-refractivity contribution < 1.29 is 4.79 Å². The number of thioether (sulfide) groups is 1. The van der Waals surface area contributed by atoms with Gasteiger partial charge in [-0.25, -0.2) is 9.89 Å². The molecular weight excluding hydrogens is 368 g/mol. The number of hydrogen-bond donors (Lipinski definition) is 2. The van der Waals surface area contributed by atoms with Gasteiger partial charge in [0.15, 0.2) is 5.16 Å². The number of aromatic amines is 1. The normalized spacial score (nSPS) is 10.7. The van der Waals surface area contributed by atoms with Crippen LogP contribution >= 0.6 is 27.7 Å². The number of halogens is 1. The molecule has 0 aliphatic heterocycles. The zero-order valence-corrected chi connectivity index (χ0v) is 14.8. The van der Waals surface area contributed by atoms with Gasteiger partial charge in [-0.1, -0.05) is 34.6 Å². The molecule has 1 aromatic heterocycles. The van der Waals surface area contributed by atoms with Gasteiger partial charge < -0.3 is 5.32 Å². The SMILES string of the molecule is CCCn1c(SCC(=O)Nc2ccc(Br)c(C)c2)n[nH]c1=O. The van der Waals surface area contributed by atoms with Crippen molar-refractivity contribution in [3.8, 4) is 0 Å². The summed E-state index contributed by atoms with van der Waals surface area (Å²) < 4.78 is 2.54. The number of anilines is 1. The van der Waals surface area contributed by atoms with E-state index in [1.165, 1.54) is 11.8 Å². The fraction of sp³-hybridized carbons (Fsp3) is 0.357. The summed E-state index contributed by atoms with van der Waals surface area (Å²) in [7, 11) is 0. The van der Waals surface area contributed by atoms with Crippen molar-refractivity contribution in [2.45, 2.75) is 32.0 Å². The van der Waals surface area contributed by atoms with Crippen LogP contribution in [0.3, 0.4) is 0 Å². The van der Waals surface area contributed by atoms with Gasteiger partial charge >= 0.3 is 5.69 Å². The van der Waals surface area contributed by atoms with Crippen LogP contribution in [0.1, 0.15) is 18.9 Å². The molecule has 1 heterocycles. The van der Waals surface area contributed by atoms with Gasteiger partial charge in [-0.05, 0) is 37.1 Å². The van der Waals surface area contributed by atoms with E-state index in [2.05, 4.69) is 31.4 Å². The standard InChI is InChI=1S/C14H17BrN4O2S/c1-3-6-19-13(21)17-18-14(19)22-8-12(20)16-10-4-5-11(15)9(2)7-10/h4-5,7H,3,6,8H2,1-2H3,(H,16,20)(H,17,21). The first-order valence-electron chi connectivity index (χ1n) is 6.85. The highest BCUT2D eigenvalue weighted by Crippen LogP contribution is 2.20. The predicted octanol–water partition coefficient (Wildman–Crippen LogP) is 2.78. The second-order valence-corrected chi connectivity index (χ2v) is 6.56. The van der Waals surface area contributed by atoms with Crippen molar-refractivity contribution in [3.05, 3.63) is 38.7 Å². The fourth-order valence-corrected chi connectivity index (χ4v) is 2.90. The number of carbonyl (C=O) groups excluding carboxylic acids is 1. The van der Waals surface area contributed by atoms with Crippen LogP contribution in [0.2, 0.25) is 0 Å². The van der Waals surface area contributed by atoms with E-state index >= 15 is 0 Å². The molecule has 0 saturated carbocycles. The summed E-state index contributed by atoms with van der Waals surface area (Å²) >= 11 is 4.66. The highest BCUT2D eigenvalue weighted by molar-refractivity contribution is 9.10. The maximum absolute atomic E-state index is 12.0. The Labute approximate surface area is 140 Å². The highest BCUT2D eigenvalue weighted by Gasteiger charge is 2.11. The highest BCUT2D eigenvalue weighted by atomic mass is 79.9. The molecule has 0 aliphatic rings. The van der Waals surface area contributed by atoms with Crippen molar-refractivity contribution in [3.63, 3.8) is 0 Å². The summed E-state index contributed by atoms with van der Waals surface area (Å²) in [5, 5.41) is 9.72. The molecule has 0 radical (unpaired) electrons. The summed E-state index contributed by atoms with van der Waals surface area (Å²) in [5.74, 6) is 0.0635. The monoisotopic (exact) mass is 384 g/mol. The van der Waals surface area contributed by atoms with Crippen LogP contribution in [0.15, 0.2) is 32.6 Å². The van der Waals surface area contributed by atoms with Crippen molar-refractivity contribution in [2.75, 3.05) is 11.1 Å². The van der Waals surface area contributed by atoms with Gasteiger partial charge in [-0.2, -0.15) is 0 Å². The summed E-state index contributed by atoms with van der Waals surface area (Å²) in [6, 6.07) is 5.63. The number of carbonyl (C=O) groups is 1. The Balaban J connectivity index is 1.95. The van der Waals surface area contributed by atoms with E-state index in [0.29, 0.717) is 11.7 Å². The molecule has 0 aliphatic carbocycles. The Kier molecular flexibility index (Phi) is 5.84. The molecule has 8 heteroatoms. The van der Waals surface area contributed by atoms with E-state index in [0.717, 1.165) is 22.1 Å². The van der Waals surface area contributed by atoms with Gasteiger partial charge in [0.05, 0.1) is 5.75 Å². The van der Waals surface area contributed by atoms with Crippen LogP contribution in [0, 0.1) is 6.92 Å². The van der Waals surface area contributed by atoms with Crippen LogP contribution in [-0.2, 0) is 11.3 Å². The number of nitrogens with zero attached hydrogens (tertiary/aromatic N) is 2. The Morgan fingerprint density at radius 2 is 2.27 bits per heavy atom. The molecule has 6 nitrogen and oxygen atoms in total. The average molecular weight is 385 g/mol. The molecule has 2 N–H and O–H groups in total. The van der Waals surface area contributed by atoms with E-state index in [1.807, 2.05) is 32.0 Å². The lowest BCUT2D eigenvalue weighted by atomic mass is 10.2. The minimum absolute atomic E-state index is 0.134. The molecule has 0 fully saturated rings. The lowest BCUT2D eigenvalue weighted by Crippen LogP contribution is -2.18. The van der Waals surface area contributed by atoms with E-state index < -0.39 is 0 Å². The number of nitrogens with one attached hydrogen (secondary N) is 2. The molecular formula is C14H17BrN4O2S. The van der Waals surface area contributed by atoms with E-state index in [1.54, 1.807) is 4.57 Å². The summed E-state index contributed by atoms with van der Waals surface area (Å²) in [6.45, 7) is 4.53. The molecule has 118 valence electrons. The first kappa shape index (κ1) is 16.8. The predicted molar refractivity (Wildman–Crippen MR) is 91.4 cm³/mol. The molecule has 0 spiro atoms. The maximum Gasteiger partial charge on any atom is 0.343 e. The van der Waals surface area contributed by atoms with Crippen molar-refractivity contribution >= 4 is 39.3 Å². The van der Waals surface area contributed by atoms with Crippen molar-refractivity contribution in [2.24, 2.45) is 0 Å². The topological polar surface area (TPSA) is 79.8 Å². The number of aryl methyl sites for hydroxylation is 1. The number of amides is 1. The minimum atomic E-state index is -0.242. The number of hydrogen-bond acceptors (Lipinski definition) is 4. The molecule has 0 unspecified atom stereocenters. The van der Waals surface area contributed by atoms with E-state index in [9.17, 15) is 9.59 Å². The first-order chi connectivity index (χ1) is 10.5. The lowest BCUT2D eigenvalue weighted by Gasteiger charge is -2.07. The molecule has 2 rings (SSSR count). The average Bonchev–Trinajstić information content (AvgIpc) is 2.82. The zero-order chi connectivity index (χ0) is 16.1. The van der Waals surface area contributed by atoms with E-state index in [4.69, 9.17) is 0 Å². The maximum atomic E-state index is 12.0. The third-order valence-corrected chi connectivity index (χ3v) is 4.81. The molecule has 1 aromatic carbocycles. The number of aromatic nitrogens is 3. The Hall–Kier alpha value is -1.54. The third kappa shape index (κ3) is 4.23. The van der Waals surface area contributed by atoms with Crippen LogP contribution in [-0.4, -0.2) is 26.4 Å². The van der Waals surface area contributed by atoms with Crippen LogP contribution in [0.5, 0.6) is 0 Å². The first-order valence-corrected chi connectivity index (χ1v) is 8.63. The van der Waals surface area contributed by atoms with Gasteiger partial charge in [-0.3, -0.25) is 9.36 Å². The summed E-state index contributed by atoms with van der Waals surface area (Å²) in [6.07, 6.45) is 0.831. The second kappa shape index (κ2) is 7.64. The van der Waals surface area contributed by atoms with E-state index in [-0.39, 0.29) is 17.3 Å². The quantitative estimate of drug-likeness (QED) is 0.750. The van der Waals surface area contributed by atoms with Gasteiger partial charge in [0, 0.05) is 16.7 Å². The van der Waals surface area contributed by atoms with Crippen molar-refractivity contribution in [1.82, 2.24) is 14.8 Å². The van der Waals surface area contributed by atoms with Gasteiger partial charge in [0.2, 0.25) is 5.91 Å². The molecule has 1 amide bonds. The van der Waals surface area contributed by atoms with Gasteiger partial charge in [0.1, 0.15) is 0 Å². The fourth-order valence-electron chi connectivity index (χ4n) is 1.88. The lowest BCUT2D eigenvalue weighted by molar-refractivity contribution is -0.113. The van der Waals surface area contributed by atoms with Gasteiger partial charge in [0.25, 0.3) is 0 Å². The molecule has 0 bridgehead atoms. The summed E-state index contributed by atoms with van der Waals surface area (Å²) in [5.41, 5.74) is 1.56. The number of benzene rings is 1. The van der Waals surface area contributed by atoms with Crippen LogP contribution in [0.25, 0.3) is 0 Å². The van der Waals surface area contributed by atoms with Gasteiger partial charge in [-0.15, -0.1) is 5.10 Å². The minimum Gasteiger partial charge on any atom is -0.325 e. The smallest absolute Gasteiger partial charge is 0.325 e. The molecule has 22 heavy (non-hydrogen) atoms. The third-order valence-electron chi connectivity index (χ3n) is 2.94. The number of rotatable bonds is 6. The van der Waals surface area contributed by atoms with Crippen LogP contribution < -0.4 is 11.0 Å². The zero-order valence-electron chi connectivity index (χ0n) is 12.4. The van der Waals surface area contributed by atoms with Crippen molar-refractivity contribution in [1.29, 1.82) is 0 Å². The Bertz CT molecular complexity index is 726. The largest absolute Gasteiger partial charge is 0.343 e. The van der Waals surface area contributed by atoms with Crippen LogP contribution in [0.4, 0.5) is 5.69 Å². The molecule has 0 saturated heterocycles. The molecule has 0 atom stereocenters. The second-order valence-electron chi connectivity index (χ2n) is 4.76. The Morgan fingerprint density at radius 3 is 2.95 bits per heavy atom. The molecule has 2 aromatic rings.